The van der Waals surface area contributed by atoms with Crippen LogP contribution in [0.3, 0.4) is 0 Å². The number of ketones is 1. The predicted molar refractivity (Wildman–Crippen MR) is 117 cm³/mol. The molecular weight excluding hydrogens is 433 g/mol. The molecule has 1 aliphatic carbocycles. The average Bonchev–Trinajstić information content (AvgIpc) is 2.77. The summed E-state index contributed by atoms with van der Waals surface area (Å²) in [5.41, 5.74) is 0.948. The number of amides is 1. The molecule has 1 aromatic heterocycles. The molecule has 5 nitrogen and oxygen atoms in total. The van der Waals surface area contributed by atoms with Crippen molar-refractivity contribution >= 4 is 11.7 Å². The highest BCUT2D eigenvalue weighted by Gasteiger charge is 2.31. The summed E-state index contributed by atoms with van der Waals surface area (Å²) in [6, 6.07) is 12.9. The van der Waals surface area contributed by atoms with E-state index in [1.807, 2.05) is 31.2 Å². The van der Waals surface area contributed by atoms with Crippen LogP contribution in [0.1, 0.15) is 55.9 Å². The van der Waals surface area contributed by atoms with Gasteiger partial charge in [0, 0.05) is 29.9 Å². The van der Waals surface area contributed by atoms with E-state index in [1.165, 1.54) is 22.8 Å². The van der Waals surface area contributed by atoms with Gasteiger partial charge in [-0.1, -0.05) is 29.8 Å². The van der Waals surface area contributed by atoms with Gasteiger partial charge in [-0.3, -0.25) is 19.0 Å². The smallest absolute Gasteiger partial charge is 0.348 e. The molecule has 170 valence electrons. The molecule has 0 saturated carbocycles. The van der Waals surface area contributed by atoms with Gasteiger partial charge in [0.2, 0.25) is 0 Å². The van der Waals surface area contributed by atoms with Crippen LogP contribution in [-0.2, 0) is 19.1 Å². The molecule has 1 aliphatic rings. The van der Waals surface area contributed by atoms with E-state index in [0.717, 1.165) is 23.3 Å². The van der Waals surface area contributed by atoms with E-state index in [2.05, 4.69) is 5.32 Å². The summed E-state index contributed by atoms with van der Waals surface area (Å²) in [6.45, 7) is 2.11. The minimum absolute atomic E-state index is 0.173. The third-order valence-corrected chi connectivity index (χ3v) is 5.65. The third kappa shape index (κ3) is 4.60. The monoisotopic (exact) mass is 454 g/mol. The zero-order valence-electron chi connectivity index (χ0n) is 17.8. The lowest BCUT2D eigenvalue weighted by Gasteiger charge is -2.22. The van der Waals surface area contributed by atoms with Gasteiger partial charge in [-0.2, -0.15) is 13.2 Å². The number of pyridine rings is 1. The molecule has 33 heavy (non-hydrogen) atoms. The minimum atomic E-state index is -4.52. The Bertz CT molecular complexity index is 1290. The first kappa shape index (κ1) is 22.5. The van der Waals surface area contributed by atoms with Crippen LogP contribution >= 0.6 is 0 Å². The van der Waals surface area contributed by atoms with Crippen molar-refractivity contribution in [1.29, 1.82) is 0 Å². The summed E-state index contributed by atoms with van der Waals surface area (Å²) in [4.78, 5) is 38.8. The van der Waals surface area contributed by atoms with Gasteiger partial charge in [-0.05, 0) is 55.7 Å². The number of aryl methyl sites for hydroxylation is 1. The van der Waals surface area contributed by atoms with Gasteiger partial charge in [-0.15, -0.1) is 0 Å². The molecule has 8 heteroatoms. The van der Waals surface area contributed by atoms with Crippen molar-refractivity contribution in [2.75, 3.05) is 0 Å². The SMILES string of the molecule is Cc1cccc(CNC(=O)c2cc3c(n(-c4ccc(C(F)(F)F)cc4)c2=O)CCCC3=O)c1. The number of alkyl halides is 3. The third-order valence-electron chi connectivity index (χ3n) is 5.65. The fraction of sp³-hybridized carbons (Fsp3) is 0.240. The van der Waals surface area contributed by atoms with E-state index >= 15 is 0 Å². The Balaban J connectivity index is 1.76. The van der Waals surface area contributed by atoms with Crippen molar-refractivity contribution in [3.63, 3.8) is 0 Å². The first-order valence-corrected chi connectivity index (χ1v) is 10.5. The van der Waals surface area contributed by atoms with Gasteiger partial charge >= 0.3 is 6.18 Å². The Kier molecular flexibility index (Phi) is 5.93. The molecular formula is C25H21F3N2O3. The van der Waals surface area contributed by atoms with Gasteiger partial charge in [0.1, 0.15) is 5.56 Å². The number of rotatable bonds is 4. The maximum atomic E-state index is 13.3. The van der Waals surface area contributed by atoms with E-state index in [9.17, 15) is 27.6 Å². The summed E-state index contributed by atoms with van der Waals surface area (Å²) in [5.74, 6) is -0.854. The summed E-state index contributed by atoms with van der Waals surface area (Å²) < 4.78 is 40.1. The Morgan fingerprint density at radius 3 is 2.42 bits per heavy atom. The van der Waals surface area contributed by atoms with E-state index in [-0.39, 0.29) is 35.6 Å². The molecule has 0 saturated heterocycles. The van der Waals surface area contributed by atoms with Crippen LogP contribution in [0.25, 0.3) is 5.69 Å². The number of hydrogen-bond acceptors (Lipinski definition) is 3. The number of carbonyl (C=O) groups is 2. The van der Waals surface area contributed by atoms with Crippen molar-refractivity contribution < 1.29 is 22.8 Å². The highest BCUT2D eigenvalue weighted by Crippen LogP contribution is 2.30. The van der Waals surface area contributed by atoms with Crippen LogP contribution in [-0.4, -0.2) is 16.3 Å². The number of fused-ring (bicyclic) bond motifs is 1. The zero-order valence-corrected chi connectivity index (χ0v) is 17.8. The Hall–Kier alpha value is -3.68. The van der Waals surface area contributed by atoms with Crippen molar-refractivity contribution in [3.8, 4) is 5.69 Å². The number of nitrogens with zero attached hydrogens (tertiary/aromatic N) is 1. The molecule has 1 amide bonds. The summed E-state index contributed by atoms with van der Waals surface area (Å²) >= 11 is 0. The van der Waals surface area contributed by atoms with Crippen LogP contribution < -0.4 is 10.9 Å². The number of nitrogens with one attached hydrogen (secondary N) is 1. The molecule has 0 unspecified atom stereocenters. The second-order valence-corrected chi connectivity index (χ2v) is 8.05. The van der Waals surface area contributed by atoms with E-state index < -0.39 is 23.2 Å². The maximum absolute atomic E-state index is 13.3. The number of benzene rings is 2. The fourth-order valence-electron chi connectivity index (χ4n) is 4.03. The largest absolute Gasteiger partial charge is 0.416 e. The van der Waals surface area contributed by atoms with Crippen molar-refractivity contribution in [1.82, 2.24) is 9.88 Å². The lowest BCUT2D eigenvalue weighted by atomic mass is 9.92. The molecule has 0 spiro atoms. The molecule has 3 aromatic rings. The molecule has 2 aromatic carbocycles. The van der Waals surface area contributed by atoms with Crippen molar-refractivity contribution in [3.05, 3.63) is 98.5 Å². The standard InChI is InChI=1S/C25H21F3N2O3/c1-15-4-2-5-16(12-15)14-29-23(32)20-13-19-21(6-3-7-22(19)31)30(24(20)33)18-10-8-17(9-11-18)25(26,27)28/h2,4-5,8-13H,3,6-7,14H2,1H3,(H,29,32). The zero-order chi connectivity index (χ0) is 23.8. The number of aromatic nitrogens is 1. The fourth-order valence-corrected chi connectivity index (χ4v) is 4.03. The highest BCUT2D eigenvalue weighted by molar-refractivity contribution is 6.01. The number of carbonyl (C=O) groups excluding carboxylic acids is 2. The molecule has 1 N–H and O–H groups in total. The predicted octanol–water partition coefficient (Wildman–Crippen LogP) is 4.61. The molecule has 0 radical (unpaired) electrons. The quantitative estimate of drug-likeness (QED) is 0.626. The lowest BCUT2D eigenvalue weighted by Crippen LogP contribution is -2.36. The number of halogens is 3. The van der Waals surface area contributed by atoms with Gasteiger partial charge in [0.15, 0.2) is 5.78 Å². The Morgan fingerprint density at radius 2 is 1.76 bits per heavy atom. The molecule has 0 aliphatic heterocycles. The highest BCUT2D eigenvalue weighted by atomic mass is 19.4. The van der Waals surface area contributed by atoms with Crippen LogP contribution in [0, 0.1) is 6.92 Å². The first-order valence-electron chi connectivity index (χ1n) is 10.5. The van der Waals surface area contributed by atoms with Gasteiger partial charge < -0.3 is 5.32 Å². The van der Waals surface area contributed by atoms with E-state index in [1.54, 1.807) is 0 Å². The second-order valence-electron chi connectivity index (χ2n) is 8.05. The van der Waals surface area contributed by atoms with E-state index in [0.29, 0.717) is 18.5 Å². The van der Waals surface area contributed by atoms with Gasteiger partial charge in [0.05, 0.1) is 5.56 Å². The van der Waals surface area contributed by atoms with Crippen LogP contribution in [0.4, 0.5) is 13.2 Å². The minimum Gasteiger partial charge on any atom is -0.348 e. The maximum Gasteiger partial charge on any atom is 0.416 e. The molecule has 0 fully saturated rings. The number of Topliss-reactive ketones (excluding diaryl/α,β-unsaturated/α-hetero) is 1. The summed E-state index contributed by atoms with van der Waals surface area (Å²) in [6.07, 6.45) is -3.31. The Labute approximate surface area is 187 Å². The van der Waals surface area contributed by atoms with Gasteiger partial charge in [0.25, 0.3) is 11.5 Å². The second kappa shape index (κ2) is 8.69. The number of hydrogen-bond donors (Lipinski definition) is 1. The van der Waals surface area contributed by atoms with Crippen molar-refractivity contribution in [2.45, 2.75) is 38.9 Å². The van der Waals surface area contributed by atoms with E-state index in [4.69, 9.17) is 0 Å². The van der Waals surface area contributed by atoms with Gasteiger partial charge in [-0.25, -0.2) is 0 Å². The lowest BCUT2D eigenvalue weighted by molar-refractivity contribution is -0.137. The molecule has 4 rings (SSSR count). The topological polar surface area (TPSA) is 68.2 Å². The summed E-state index contributed by atoms with van der Waals surface area (Å²) in [5, 5.41) is 2.70. The van der Waals surface area contributed by atoms with Crippen LogP contribution in [0.15, 0.2) is 59.4 Å². The first-order chi connectivity index (χ1) is 15.6. The van der Waals surface area contributed by atoms with Crippen molar-refractivity contribution in [2.24, 2.45) is 0 Å². The molecule has 0 atom stereocenters. The normalized spacial score (nSPS) is 13.5. The summed E-state index contributed by atoms with van der Waals surface area (Å²) in [7, 11) is 0. The molecule has 1 heterocycles. The average molecular weight is 454 g/mol. The van der Waals surface area contributed by atoms with Crippen LogP contribution in [0.5, 0.6) is 0 Å². The molecule has 0 bridgehead atoms. The van der Waals surface area contributed by atoms with Crippen LogP contribution in [0.2, 0.25) is 0 Å². The Morgan fingerprint density at radius 1 is 1.03 bits per heavy atom.